The van der Waals surface area contributed by atoms with Crippen LogP contribution in [-0.4, -0.2) is 9.97 Å². The van der Waals surface area contributed by atoms with Gasteiger partial charge in [0.15, 0.2) is 0 Å². The summed E-state index contributed by atoms with van der Waals surface area (Å²) < 4.78 is 1.13. The van der Waals surface area contributed by atoms with Crippen LogP contribution >= 0.6 is 15.9 Å². The quantitative estimate of drug-likeness (QED) is 0.363. The molecule has 0 aliphatic rings. The Hall–Kier alpha value is -2.26. The molecule has 0 bridgehead atoms. The third-order valence-electron chi connectivity index (χ3n) is 4.20. The molecule has 2 nitrogen and oxygen atoms in total. The van der Waals surface area contributed by atoms with Crippen molar-refractivity contribution in [1.82, 2.24) is 9.97 Å². The van der Waals surface area contributed by atoms with Crippen molar-refractivity contribution in [3.8, 4) is 0 Å². The molecule has 0 unspecified atom stereocenters. The number of aromatic nitrogens is 2. The third kappa shape index (κ3) is 1.41. The summed E-state index contributed by atoms with van der Waals surface area (Å²) in [5.74, 6) is 0. The number of rotatable bonds is 0. The molecule has 2 N–H and O–H groups in total. The molecule has 2 aromatic heterocycles. The molecule has 0 aliphatic carbocycles. The average Bonchev–Trinajstić information content (AvgIpc) is 3.04. The van der Waals surface area contributed by atoms with Crippen LogP contribution in [0.3, 0.4) is 0 Å². The lowest BCUT2D eigenvalue weighted by Gasteiger charge is -1.98. The molecule has 0 amide bonds. The smallest absolute Gasteiger partial charge is 0.0476 e. The molecule has 100 valence electrons. The highest BCUT2D eigenvalue weighted by Gasteiger charge is 2.13. The van der Waals surface area contributed by atoms with Crippen molar-refractivity contribution in [3.63, 3.8) is 0 Å². The van der Waals surface area contributed by atoms with Gasteiger partial charge in [0, 0.05) is 48.1 Å². The Kier molecular flexibility index (Phi) is 2.11. The largest absolute Gasteiger partial charge is 0.354 e. The molecule has 3 heteroatoms. The molecule has 0 spiro atoms. The van der Waals surface area contributed by atoms with Crippen LogP contribution in [0.2, 0.25) is 0 Å². The second-order valence-electron chi connectivity index (χ2n) is 5.37. The van der Waals surface area contributed by atoms with E-state index in [1.807, 2.05) is 0 Å². The predicted octanol–water partition coefficient (Wildman–Crippen LogP) is 5.72. The minimum Gasteiger partial charge on any atom is -0.354 e. The molecule has 21 heavy (non-hydrogen) atoms. The van der Waals surface area contributed by atoms with Gasteiger partial charge in [-0.25, -0.2) is 0 Å². The Morgan fingerprint density at radius 3 is 2.14 bits per heavy atom. The second-order valence-corrected chi connectivity index (χ2v) is 6.22. The summed E-state index contributed by atoms with van der Waals surface area (Å²) in [7, 11) is 0. The molecule has 0 atom stereocenters. The van der Waals surface area contributed by atoms with Crippen LogP contribution in [0.1, 0.15) is 0 Å². The van der Waals surface area contributed by atoms with Gasteiger partial charge in [-0.2, -0.15) is 0 Å². The lowest BCUT2D eigenvalue weighted by molar-refractivity contribution is 1.53. The standard InChI is InChI=1S/C18H11BrN2/c19-11-5-3-7-13-17(11)18-15(21-13)9-8-14-16(18)10-4-1-2-6-12(10)20-14/h1-9,20-21H. The van der Waals surface area contributed by atoms with E-state index in [1.54, 1.807) is 0 Å². The molecule has 5 aromatic rings. The van der Waals surface area contributed by atoms with Gasteiger partial charge in [0.1, 0.15) is 0 Å². The van der Waals surface area contributed by atoms with Crippen LogP contribution in [0.4, 0.5) is 0 Å². The van der Waals surface area contributed by atoms with Gasteiger partial charge in [0.2, 0.25) is 0 Å². The highest BCUT2D eigenvalue weighted by Crippen LogP contribution is 2.39. The van der Waals surface area contributed by atoms with Crippen molar-refractivity contribution in [2.75, 3.05) is 0 Å². The summed E-state index contributed by atoms with van der Waals surface area (Å²) in [6.45, 7) is 0. The van der Waals surface area contributed by atoms with Gasteiger partial charge in [-0.3, -0.25) is 0 Å². The average molecular weight is 335 g/mol. The van der Waals surface area contributed by atoms with Gasteiger partial charge < -0.3 is 9.97 Å². The van der Waals surface area contributed by atoms with Crippen LogP contribution in [0.5, 0.6) is 0 Å². The van der Waals surface area contributed by atoms with Crippen molar-refractivity contribution in [2.45, 2.75) is 0 Å². The highest BCUT2D eigenvalue weighted by atomic mass is 79.9. The number of para-hydroxylation sites is 1. The molecule has 5 rings (SSSR count). The van der Waals surface area contributed by atoms with Gasteiger partial charge in [-0.1, -0.05) is 40.2 Å². The van der Waals surface area contributed by atoms with E-state index in [4.69, 9.17) is 0 Å². The molecule has 0 saturated heterocycles. The van der Waals surface area contributed by atoms with E-state index < -0.39 is 0 Å². The molecular formula is C18H11BrN2. The lowest BCUT2D eigenvalue weighted by atomic mass is 10.1. The van der Waals surface area contributed by atoms with Crippen LogP contribution < -0.4 is 0 Å². The van der Waals surface area contributed by atoms with Crippen molar-refractivity contribution < 1.29 is 0 Å². The molecule has 2 heterocycles. The molecular weight excluding hydrogens is 324 g/mol. The Morgan fingerprint density at radius 1 is 0.571 bits per heavy atom. The molecule has 0 saturated carbocycles. The normalized spacial score (nSPS) is 12.0. The molecule has 0 radical (unpaired) electrons. The zero-order chi connectivity index (χ0) is 14.0. The van der Waals surface area contributed by atoms with E-state index >= 15 is 0 Å². The van der Waals surface area contributed by atoms with E-state index in [-0.39, 0.29) is 0 Å². The summed E-state index contributed by atoms with van der Waals surface area (Å²) in [6, 6.07) is 19.1. The first-order chi connectivity index (χ1) is 10.3. The number of fused-ring (bicyclic) bond motifs is 7. The van der Waals surface area contributed by atoms with Crippen molar-refractivity contribution in [2.24, 2.45) is 0 Å². The Labute approximate surface area is 128 Å². The summed E-state index contributed by atoms with van der Waals surface area (Å²) in [5, 5.41) is 5.10. The number of aromatic amines is 2. The fourth-order valence-corrected chi connectivity index (χ4v) is 3.90. The van der Waals surface area contributed by atoms with E-state index in [0.717, 1.165) is 9.99 Å². The number of H-pyrrole nitrogens is 2. The van der Waals surface area contributed by atoms with Crippen molar-refractivity contribution >= 4 is 59.5 Å². The van der Waals surface area contributed by atoms with Gasteiger partial charge in [0.05, 0.1) is 0 Å². The summed E-state index contributed by atoms with van der Waals surface area (Å²) >= 11 is 3.71. The fraction of sp³-hybridized carbons (Fsp3) is 0. The number of hydrogen-bond donors (Lipinski definition) is 2. The minimum absolute atomic E-state index is 1.13. The summed E-state index contributed by atoms with van der Waals surface area (Å²) in [5.41, 5.74) is 4.70. The van der Waals surface area contributed by atoms with Crippen molar-refractivity contribution in [3.05, 3.63) is 59.1 Å². The maximum Gasteiger partial charge on any atom is 0.0476 e. The fourth-order valence-electron chi connectivity index (χ4n) is 3.33. The van der Waals surface area contributed by atoms with E-state index in [9.17, 15) is 0 Å². The van der Waals surface area contributed by atoms with Gasteiger partial charge in [-0.05, 0) is 30.3 Å². The maximum absolute atomic E-state index is 3.71. The van der Waals surface area contributed by atoms with Crippen molar-refractivity contribution in [1.29, 1.82) is 0 Å². The number of benzene rings is 3. The molecule has 3 aromatic carbocycles. The maximum atomic E-state index is 3.71. The summed E-state index contributed by atoms with van der Waals surface area (Å²) in [6.07, 6.45) is 0. The van der Waals surface area contributed by atoms with Crippen LogP contribution in [0, 0.1) is 0 Å². The Morgan fingerprint density at radius 2 is 1.24 bits per heavy atom. The Bertz CT molecular complexity index is 1150. The van der Waals surface area contributed by atoms with E-state index in [1.165, 1.54) is 38.1 Å². The summed E-state index contributed by atoms with van der Waals surface area (Å²) in [4.78, 5) is 7.04. The van der Waals surface area contributed by atoms with Gasteiger partial charge in [0.25, 0.3) is 0 Å². The van der Waals surface area contributed by atoms with Crippen LogP contribution in [0.25, 0.3) is 43.6 Å². The highest BCUT2D eigenvalue weighted by molar-refractivity contribution is 9.10. The monoisotopic (exact) mass is 334 g/mol. The third-order valence-corrected chi connectivity index (χ3v) is 4.86. The first-order valence-corrected chi connectivity index (χ1v) is 7.71. The van der Waals surface area contributed by atoms with Gasteiger partial charge in [-0.15, -0.1) is 0 Å². The zero-order valence-corrected chi connectivity index (χ0v) is 12.7. The van der Waals surface area contributed by atoms with Crippen LogP contribution in [-0.2, 0) is 0 Å². The molecule has 0 fully saturated rings. The van der Waals surface area contributed by atoms with Crippen LogP contribution in [0.15, 0.2) is 59.1 Å². The Balaban J connectivity index is 2.19. The first kappa shape index (κ1) is 11.4. The first-order valence-electron chi connectivity index (χ1n) is 6.92. The lowest BCUT2D eigenvalue weighted by Crippen LogP contribution is -1.72. The second kappa shape index (κ2) is 3.89. The number of hydrogen-bond acceptors (Lipinski definition) is 0. The number of halogens is 1. The topological polar surface area (TPSA) is 31.6 Å². The predicted molar refractivity (Wildman–Crippen MR) is 92.9 cm³/mol. The van der Waals surface area contributed by atoms with E-state index in [2.05, 4.69) is 80.5 Å². The SMILES string of the molecule is Brc1cccc2[nH]c3ccc4[nH]c5ccccc5c4c3c12. The number of nitrogens with one attached hydrogen (secondary N) is 2. The zero-order valence-electron chi connectivity index (χ0n) is 11.1. The van der Waals surface area contributed by atoms with Gasteiger partial charge >= 0.3 is 0 Å². The van der Waals surface area contributed by atoms with E-state index in [0.29, 0.717) is 0 Å². The minimum atomic E-state index is 1.13. The molecule has 0 aliphatic heterocycles.